The number of pyridine rings is 2. The van der Waals surface area contributed by atoms with E-state index in [9.17, 15) is 0 Å². The average molecular weight is 537 g/mol. The van der Waals surface area contributed by atoms with Gasteiger partial charge in [0.15, 0.2) is 11.3 Å². The quantitative estimate of drug-likeness (QED) is 0.349. The Bertz CT molecular complexity index is 871. The standard InChI is InChI=1S/C6H3BrIN3.C6H5BrN4/c2*7-4-2-1-3-11-5(4)9-6(8)10-11/h1-3H;1-3H,(H2,8,10). The fraction of sp³-hybridized carbons (Fsp3) is 0. The lowest BCUT2D eigenvalue weighted by Crippen LogP contribution is -1.88. The highest BCUT2D eigenvalue weighted by molar-refractivity contribution is 14.1. The lowest BCUT2D eigenvalue weighted by atomic mass is 10.5. The van der Waals surface area contributed by atoms with Gasteiger partial charge in [-0.05, 0) is 56.1 Å². The van der Waals surface area contributed by atoms with Gasteiger partial charge in [-0.25, -0.2) is 14.0 Å². The van der Waals surface area contributed by atoms with E-state index >= 15 is 0 Å². The molecule has 7 nitrogen and oxygen atoms in total. The lowest BCUT2D eigenvalue weighted by Gasteiger charge is -1.90. The summed E-state index contributed by atoms with van der Waals surface area (Å²) in [5.74, 6) is 0.289. The summed E-state index contributed by atoms with van der Waals surface area (Å²) in [5.41, 5.74) is 6.99. The highest BCUT2D eigenvalue weighted by Crippen LogP contribution is 2.16. The van der Waals surface area contributed by atoms with E-state index in [1.165, 1.54) is 0 Å². The molecule has 0 spiro atoms. The Kier molecular flexibility index (Phi) is 4.59. The molecular weight excluding hydrogens is 529 g/mol. The van der Waals surface area contributed by atoms with Crippen molar-refractivity contribution >= 4 is 71.7 Å². The smallest absolute Gasteiger partial charge is 0.240 e. The van der Waals surface area contributed by atoms with Gasteiger partial charge in [0.2, 0.25) is 9.78 Å². The molecule has 0 aromatic carbocycles. The molecule has 0 aliphatic carbocycles. The van der Waals surface area contributed by atoms with Gasteiger partial charge in [0.1, 0.15) is 0 Å². The van der Waals surface area contributed by atoms with E-state index in [0.29, 0.717) is 0 Å². The summed E-state index contributed by atoms with van der Waals surface area (Å²) in [6.07, 6.45) is 3.67. The Labute approximate surface area is 155 Å². The Morgan fingerprint density at radius 2 is 1.45 bits per heavy atom. The van der Waals surface area contributed by atoms with E-state index in [1.807, 2.05) is 30.5 Å². The minimum Gasteiger partial charge on any atom is -0.366 e. The Morgan fingerprint density at radius 1 is 0.909 bits per heavy atom. The summed E-state index contributed by atoms with van der Waals surface area (Å²) in [4.78, 5) is 8.20. The summed E-state index contributed by atoms with van der Waals surface area (Å²) in [6.45, 7) is 0. The van der Waals surface area contributed by atoms with Crippen LogP contribution in [0.15, 0.2) is 45.6 Å². The van der Waals surface area contributed by atoms with E-state index in [-0.39, 0.29) is 5.95 Å². The second-order valence-corrected chi connectivity index (χ2v) is 6.77. The van der Waals surface area contributed by atoms with Crippen LogP contribution in [0, 0.1) is 3.83 Å². The topological polar surface area (TPSA) is 86.4 Å². The second-order valence-electron chi connectivity index (χ2n) is 4.10. The van der Waals surface area contributed by atoms with Crippen molar-refractivity contribution in [2.75, 3.05) is 5.73 Å². The third kappa shape index (κ3) is 3.22. The molecule has 2 N–H and O–H groups in total. The zero-order valence-electron chi connectivity index (χ0n) is 10.9. The van der Waals surface area contributed by atoms with Crippen molar-refractivity contribution < 1.29 is 0 Å². The van der Waals surface area contributed by atoms with Crippen molar-refractivity contribution in [3.8, 4) is 0 Å². The number of aromatic nitrogens is 6. The predicted octanol–water partition coefficient (Wildman–Crippen LogP) is 3.17. The largest absolute Gasteiger partial charge is 0.366 e. The molecule has 0 aliphatic heterocycles. The van der Waals surface area contributed by atoms with E-state index in [0.717, 1.165) is 24.1 Å². The average Bonchev–Trinajstić information content (AvgIpc) is 3.03. The van der Waals surface area contributed by atoms with Crippen molar-refractivity contribution in [1.29, 1.82) is 0 Å². The second kappa shape index (κ2) is 6.46. The number of hydrogen-bond acceptors (Lipinski definition) is 5. The molecule has 0 radical (unpaired) electrons. The Morgan fingerprint density at radius 3 is 2.00 bits per heavy atom. The summed E-state index contributed by atoms with van der Waals surface area (Å²) >= 11 is 8.80. The van der Waals surface area contributed by atoms with Gasteiger partial charge in [-0.2, -0.15) is 4.98 Å². The summed E-state index contributed by atoms with van der Waals surface area (Å²) in [6, 6.07) is 7.62. The van der Waals surface area contributed by atoms with Gasteiger partial charge in [0.05, 0.1) is 8.95 Å². The first-order valence-corrected chi connectivity index (χ1v) is 8.64. The molecule has 4 aromatic heterocycles. The fourth-order valence-electron chi connectivity index (χ4n) is 1.74. The number of hydrogen-bond donors (Lipinski definition) is 1. The van der Waals surface area contributed by atoms with Crippen LogP contribution < -0.4 is 5.73 Å². The van der Waals surface area contributed by atoms with Crippen LogP contribution in [-0.2, 0) is 0 Å². The maximum absolute atomic E-state index is 5.40. The minimum atomic E-state index is 0.289. The van der Waals surface area contributed by atoms with Gasteiger partial charge in [-0.15, -0.1) is 10.2 Å². The van der Waals surface area contributed by atoms with E-state index in [2.05, 4.69) is 74.6 Å². The Hall–Kier alpha value is -1.27. The van der Waals surface area contributed by atoms with Crippen LogP contribution in [0.2, 0.25) is 0 Å². The first-order valence-electron chi connectivity index (χ1n) is 5.97. The van der Waals surface area contributed by atoms with Crippen molar-refractivity contribution in [3.63, 3.8) is 0 Å². The van der Waals surface area contributed by atoms with Crippen LogP contribution in [0.25, 0.3) is 11.3 Å². The van der Waals surface area contributed by atoms with Crippen molar-refractivity contribution in [1.82, 2.24) is 29.2 Å². The van der Waals surface area contributed by atoms with Gasteiger partial charge in [0, 0.05) is 35.0 Å². The molecule has 0 fully saturated rings. The third-order valence-electron chi connectivity index (χ3n) is 2.62. The molecule has 4 aromatic rings. The monoisotopic (exact) mass is 535 g/mol. The van der Waals surface area contributed by atoms with Gasteiger partial charge in [-0.3, -0.25) is 0 Å². The molecule has 10 heteroatoms. The molecule has 112 valence electrons. The van der Waals surface area contributed by atoms with E-state index in [4.69, 9.17) is 5.73 Å². The van der Waals surface area contributed by atoms with Crippen molar-refractivity contribution in [2.45, 2.75) is 0 Å². The maximum atomic E-state index is 5.40. The van der Waals surface area contributed by atoms with Gasteiger partial charge in [0.25, 0.3) is 0 Å². The van der Waals surface area contributed by atoms with Gasteiger partial charge in [-0.1, -0.05) is 0 Å². The summed E-state index contributed by atoms with van der Waals surface area (Å²) < 4.78 is 5.99. The molecule has 0 aliphatic rings. The fourth-order valence-corrected chi connectivity index (χ4v) is 3.04. The molecule has 0 bridgehead atoms. The normalized spacial score (nSPS) is 10.7. The molecule has 0 saturated heterocycles. The van der Waals surface area contributed by atoms with Crippen molar-refractivity contribution in [2.24, 2.45) is 0 Å². The van der Waals surface area contributed by atoms with Crippen LogP contribution >= 0.6 is 54.5 Å². The van der Waals surface area contributed by atoms with Gasteiger partial charge >= 0.3 is 0 Å². The van der Waals surface area contributed by atoms with Crippen LogP contribution in [0.3, 0.4) is 0 Å². The van der Waals surface area contributed by atoms with Gasteiger partial charge < -0.3 is 5.73 Å². The van der Waals surface area contributed by atoms with Crippen LogP contribution in [0.1, 0.15) is 0 Å². The third-order valence-corrected chi connectivity index (χ3v) is 4.31. The number of fused-ring (bicyclic) bond motifs is 2. The molecule has 22 heavy (non-hydrogen) atoms. The minimum absolute atomic E-state index is 0.289. The number of nitrogen functional groups attached to an aromatic ring is 1. The van der Waals surface area contributed by atoms with E-state index < -0.39 is 0 Å². The number of halogens is 3. The molecule has 0 unspecified atom stereocenters. The molecule has 0 atom stereocenters. The number of nitrogens with two attached hydrogens (primary N) is 1. The summed E-state index contributed by atoms with van der Waals surface area (Å²) in [7, 11) is 0. The number of rotatable bonds is 0. The number of nitrogens with zero attached hydrogens (tertiary/aromatic N) is 6. The van der Waals surface area contributed by atoms with Crippen LogP contribution in [0.4, 0.5) is 5.95 Å². The highest BCUT2D eigenvalue weighted by atomic mass is 127. The van der Waals surface area contributed by atoms with E-state index in [1.54, 1.807) is 15.2 Å². The maximum Gasteiger partial charge on any atom is 0.240 e. The SMILES string of the molecule is Brc1cccn2nc(I)nc12.Nc1nc2c(Br)cccn2n1. The van der Waals surface area contributed by atoms with Crippen LogP contribution in [-0.4, -0.2) is 29.2 Å². The predicted molar refractivity (Wildman–Crippen MR) is 98.5 cm³/mol. The zero-order valence-corrected chi connectivity index (χ0v) is 16.2. The molecule has 0 amide bonds. The zero-order chi connectivity index (χ0) is 15.7. The Balaban J connectivity index is 0.000000131. The number of anilines is 1. The lowest BCUT2D eigenvalue weighted by molar-refractivity contribution is 0.942. The molecule has 0 saturated carbocycles. The first kappa shape index (κ1) is 15.6. The van der Waals surface area contributed by atoms with Crippen molar-refractivity contribution in [3.05, 3.63) is 49.4 Å². The van der Waals surface area contributed by atoms with Crippen LogP contribution in [0.5, 0.6) is 0 Å². The molecule has 4 heterocycles. The molecular formula is C12H8Br2IN7. The summed E-state index contributed by atoms with van der Waals surface area (Å²) in [5, 5.41) is 8.06. The highest BCUT2D eigenvalue weighted by Gasteiger charge is 2.02. The molecule has 4 rings (SSSR count). The first-order chi connectivity index (χ1) is 10.5.